The van der Waals surface area contributed by atoms with E-state index in [1.165, 1.54) is 12.8 Å². The first-order valence-electron chi connectivity index (χ1n) is 5.73. The molecular formula is C11H22N2O3. The Morgan fingerprint density at radius 2 is 2.19 bits per heavy atom. The normalized spacial score (nSPS) is 17.2. The summed E-state index contributed by atoms with van der Waals surface area (Å²) in [5, 5.41) is 0. The Kier molecular flexibility index (Phi) is 5.73. The summed E-state index contributed by atoms with van der Waals surface area (Å²) < 4.78 is 10.0. The Morgan fingerprint density at radius 3 is 2.69 bits per heavy atom. The van der Waals surface area contributed by atoms with Crippen LogP contribution in [0.2, 0.25) is 0 Å². The Hall–Kier alpha value is -0.650. The maximum absolute atomic E-state index is 11.7. The quantitative estimate of drug-likeness (QED) is 0.589. The molecule has 1 rings (SSSR count). The lowest BCUT2D eigenvalue weighted by Gasteiger charge is -2.27. The molecule has 2 N–H and O–H groups in total. The van der Waals surface area contributed by atoms with Crippen LogP contribution in [0.1, 0.15) is 12.8 Å². The topological polar surface area (TPSA) is 64.8 Å². The summed E-state index contributed by atoms with van der Waals surface area (Å²) in [4.78, 5) is 13.5. The van der Waals surface area contributed by atoms with Crippen molar-refractivity contribution in [3.63, 3.8) is 0 Å². The van der Waals surface area contributed by atoms with Crippen molar-refractivity contribution < 1.29 is 14.3 Å². The van der Waals surface area contributed by atoms with Gasteiger partial charge in [-0.25, -0.2) is 0 Å². The lowest BCUT2D eigenvalue weighted by atomic mass is 10.1. The number of methoxy groups -OCH3 is 1. The average Bonchev–Trinajstić information content (AvgIpc) is 3.09. The molecule has 1 aliphatic carbocycles. The smallest absolute Gasteiger partial charge is 0.248 e. The summed E-state index contributed by atoms with van der Waals surface area (Å²) >= 11 is 0. The van der Waals surface area contributed by atoms with Crippen molar-refractivity contribution in [1.82, 2.24) is 4.90 Å². The molecule has 0 aromatic heterocycles. The van der Waals surface area contributed by atoms with Crippen molar-refractivity contribution >= 4 is 5.91 Å². The number of hydrogen-bond acceptors (Lipinski definition) is 4. The number of hydrogen-bond donors (Lipinski definition) is 1. The van der Waals surface area contributed by atoms with Crippen LogP contribution in [0.4, 0.5) is 0 Å². The van der Waals surface area contributed by atoms with Crippen LogP contribution in [-0.4, -0.2) is 57.4 Å². The third-order valence-corrected chi connectivity index (χ3v) is 2.96. The highest BCUT2D eigenvalue weighted by Gasteiger charge is 2.34. The largest absolute Gasteiger partial charge is 0.382 e. The van der Waals surface area contributed by atoms with E-state index in [1.54, 1.807) is 19.1 Å². The molecule has 0 saturated heterocycles. The first kappa shape index (κ1) is 13.4. The van der Waals surface area contributed by atoms with Crippen LogP contribution in [0.25, 0.3) is 0 Å². The van der Waals surface area contributed by atoms with E-state index in [-0.39, 0.29) is 18.6 Å². The van der Waals surface area contributed by atoms with Gasteiger partial charge in [-0.15, -0.1) is 0 Å². The van der Waals surface area contributed by atoms with Crippen LogP contribution in [0, 0.1) is 5.92 Å². The van der Waals surface area contributed by atoms with E-state index >= 15 is 0 Å². The number of ether oxygens (including phenoxy) is 2. The Morgan fingerprint density at radius 1 is 1.50 bits per heavy atom. The maximum atomic E-state index is 11.7. The third kappa shape index (κ3) is 4.08. The lowest BCUT2D eigenvalue weighted by molar-refractivity contribution is -0.137. The van der Waals surface area contributed by atoms with Gasteiger partial charge in [0.25, 0.3) is 0 Å². The summed E-state index contributed by atoms with van der Waals surface area (Å²) in [5.41, 5.74) is 5.67. The second-order valence-electron chi connectivity index (χ2n) is 4.19. The van der Waals surface area contributed by atoms with Crippen LogP contribution in [-0.2, 0) is 14.3 Å². The number of amides is 1. The van der Waals surface area contributed by atoms with E-state index in [4.69, 9.17) is 15.2 Å². The van der Waals surface area contributed by atoms with Crippen molar-refractivity contribution in [1.29, 1.82) is 0 Å². The molecule has 0 radical (unpaired) electrons. The summed E-state index contributed by atoms with van der Waals surface area (Å²) in [6.07, 6.45) is 2.37. The third-order valence-electron chi connectivity index (χ3n) is 2.96. The molecule has 1 saturated carbocycles. The predicted molar refractivity (Wildman–Crippen MR) is 61.0 cm³/mol. The number of nitrogens with zero attached hydrogens (tertiary/aromatic N) is 1. The summed E-state index contributed by atoms with van der Waals surface area (Å²) in [7, 11) is 3.41. The molecule has 16 heavy (non-hydrogen) atoms. The average molecular weight is 230 g/mol. The van der Waals surface area contributed by atoms with Crippen LogP contribution in [0.15, 0.2) is 0 Å². The molecule has 0 aliphatic heterocycles. The van der Waals surface area contributed by atoms with Gasteiger partial charge in [-0.05, 0) is 18.8 Å². The van der Waals surface area contributed by atoms with E-state index in [0.29, 0.717) is 25.7 Å². The van der Waals surface area contributed by atoms with Gasteiger partial charge < -0.3 is 20.1 Å². The number of nitrogens with two attached hydrogens (primary N) is 1. The minimum Gasteiger partial charge on any atom is -0.382 e. The Balaban J connectivity index is 2.23. The number of likely N-dealkylation sites (N-methyl/N-ethyl adjacent to an activating group) is 1. The molecular weight excluding hydrogens is 208 g/mol. The van der Waals surface area contributed by atoms with Crippen molar-refractivity contribution in [2.75, 3.05) is 40.5 Å². The zero-order valence-electron chi connectivity index (χ0n) is 10.1. The standard InChI is InChI=1S/C11H22N2O3/c1-13(10(7-12)9-3-4-9)11(14)8-16-6-5-15-2/h9-10H,3-8,12H2,1-2H3. The number of carbonyl (C=O) groups excluding carboxylic acids is 1. The zero-order chi connectivity index (χ0) is 12.0. The molecule has 5 heteroatoms. The van der Waals surface area contributed by atoms with Gasteiger partial charge in [0.1, 0.15) is 6.61 Å². The molecule has 0 bridgehead atoms. The van der Waals surface area contributed by atoms with E-state index < -0.39 is 0 Å². The van der Waals surface area contributed by atoms with Gasteiger partial charge in [0.05, 0.1) is 13.2 Å². The lowest BCUT2D eigenvalue weighted by Crippen LogP contribution is -2.44. The van der Waals surface area contributed by atoms with Gasteiger partial charge in [0.2, 0.25) is 5.91 Å². The fraction of sp³-hybridized carbons (Fsp3) is 0.909. The molecule has 1 aliphatic rings. The molecule has 0 aromatic rings. The highest BCUT2D eigenvalue weighted by Crippen LogP contribution is 2.34. The van der Waals surface area contributed by atoms with Crippen molar-refractivity contribution in [3.8, 4) is 0 Å². The zero-order valence-corrected chi connectivity index (χ0v) is 10.1. The first-order valence-corrected chi connectivity index (χ1v) is 5.73. The summed E-state index contributed by atoms with van der Waals surface area (Å²) in [6.45, 7) is 1.61. The van der Waals surface area contributed by atoms with Crippen molar-refractivity contribution in [2.24, 2.45) is 11.7 Å². The van der Waals surface area contributed by atoms with Crippen LogP contribution in [0.3, 0.4) is 0 Å². The van der Waals surface area contributed by atoms with Gasteiger partial charge >= 0.3 is 0 Å². The molecule has 1 atom stereocenters. The fourth-order valence-corrected chi connectivity index (χ4v) is 1.74. The van der Waals surface area contributed by atoms with Gasteiger partial charge in [0, 0.05) is 26.7 Å². The minimum atomic E-state index is -0.00143. The molecule has 1 unspecified atom stereocenters. The Labute approximate surface area is 96.9 Å². The molecule has 1 amide bonds. The molecule has 0 heterocycles. The molecule has 94 valence electrons. The van der Waals surface area contributed by atoms with E-state index in [1.807, 2.05) is 0 Å². The van der Waals surface area contributed by atoms with Gasteiger partial charge in [0.15, 0.2) is 0 Å². The predicted octanol–water partition coefficient (Wildman–Crippen LogP) is -0.155. The van der Waals surface area contributed by atoms with Crippen LogP contribution >= 0.6 is 0 Å². The van der Waals surface area contributed by atoms with Crippen LogP contribution < -0.4 is 5.73 Å². The summed E-state index contributed by atoms with van der Waals surface area (Å²) in [6, 6.07) is 0.179. The van der Waals surface area contributed by atoms with E-state index in [0.717, 1.165) is 0 Å². The molecule has 0 spiro atoms. The SMILES string of the molecule is COCCOCC(=O)N(C)C(CN)C1CC1. The van der Waals surface area contributed by atoms with Crippen molar-refractivity contribution in [2.45, 2.75) is 18.9 Å². The number of rotatable bonds is 8. The van der Waals surface area contributed by atoms with E-state index in [9.17, 15) is 4.79 Å². The fourth-order valence-electron chi connectivity index (χ4n) is 1.74. The van der Waals surface area contributed by atoms with Gasteiger partial charge in [-0.2, -0.15) is 0 Å². The van der Waals surface area contributed by atoms with Crippen LogP contribution in [0.5, 0.6) is 0 Å². The monoisotopic (exact) mass is 230 g/mol. The minimum absolute atomic E-state index is 0.00143. The number of carbonyl (C=O) groups is 1. The van der Waals surface area contributed by atoms with Gasteiger partial charge in [-0.3, -0.25) is 4.79 Å². The molecule has 1 fully saturated rings. The van der Waals surface area contributed by atoms with E-state index in [2.05, 4.69) is 0 Å². The highest BCUT2D eigenvalue weighted by molar-refractivity contribution is 5.77. The Bertz CT molecular complexity index is 219. The second kappa shape index (κ2) is 6.83. The van der Waals surface area contributed by atoms with Gasteiger partial charge in [-0.1, -0.05) is 0 Å². The maximum Gasteiger partial charge on any atom is 0.248 e. The highest BCUT2D eigenvalue weighted by atomic mass is 16.5. The summed E-state index contributed by atoms with van der Waals surface area (Å²) in [5.74, 6) is 0.594. The molecule has 5 nitrogen and oxygen atoms in total. The molecule has 0 aromatic carbocycles. The van der Waals surface area contributed by atoms with Crippen molar-refractivity contribution in [3.05, 3.63) is 0 Å². The second-order valence-corrected chi connectivity index (χ2v) is 4.19. The first-order chi connectivity index (χ1) is 7.70.